The molecule has 1 N–H and O–H groups in total. The second kappa shape index (κ2) is 11.0. The van der Waals surface area contributed by atoms with E-state index in [0.29, 0.717) is 70.9 Å². The van der Waals surface area contributed by atoms with Gasteiger partial charge in [0.05, 0.1) is 42.6 Å². The van der Waals surface area contributed by atoms with Gasteiger partial charge < -0.3 is 9.64 Å². The van der Waals surface area contributed by atoms with Gasteiger partial charge in [0.2, 0.25) is 0 Å². The van der Waals surface area contributed by atoms with Crippen LogP contribution in [0.3, 0.4) is 0 Å². The lowest BCUT2D eigenvalue weighted by Gasteiger charge is -2.30. The summed E-state index contributed by atoms with van der Waals surface area (Å²) in [7, 11) is -5.14. The fourth-order valence-electron chi connectivity index (χ4n) is 4.15. The maximum absolute atomic E-state index is 13.4. The van der Waals surface area contributed by atoms with Gasteiger partial charge in [-0.15, -0.1) is 0 Å². The number of thiazole rings is 1. The van der Waals surface area contributed by atoms with Crippen LogP contribution in [-0.2, 0) is 29.4 Å². The van der Waals surface area contributed by atoms with Gasteiger partial charge in [-0.2, -0.15) is 9.41 Å². The van der Waals surface area contributed by atoms with Crippen molar-refractivity contribution < 1.29 is 26.4 Å². The van der Waals surface area contributed by atoms with Crippen molar-refractivity contribution in [1.82, 2.24) is 19.2 Å². The summed E-state index contributed by atoms with van der Waals surface area (Å²) in [6.07, 6.45) is 2.58. The maximum atomic E-state index is 13.4. The second-order valence-electron chi connectivity index (χ2n) is 9.43. The molecule has 1 amide bonds. The van der Waals surface area contributed by atoms with Crippen LogP contribution in [0.2, 0.25) is 0 Å². The fraction of sp³-hybridized carbons (Fsp3) is 0.522. The zero-order valence-corrected chi connectivity index (χ0v) is 23.4. The van der Waals surface area contributed by atoms with Gasteiger partial charge in [-0.1, -0.05) is 23.5 Å². The molecule has 1 aromatic carbocycles. The van der Waals surface area contributed by atoms with Crippen LogP contribution < -0.4 is 5.32 Å². The van der Waals surface area contributed by atoms with Crippen molar-refractivity contribution in [2.75, 3.05) is 64.8 Å². The number of benzene rings is 1. The Morgan fingerprint density at radius 2 is 1.68 bits per heavy atom. The number of nitrogens with zero attached hydrogens (tertiary/aromatic N) is 5. The molecule has 38 heavy (non-hydrogen) atoms. The lowest BCUT2D eigenvalue weighted by Crippen LogP contribution is -2.46. The summed E-state index contributed by atoms with van der Waals surface area (Å²) in [5, 5.41) is 8.72. The van der Waals surface area contributed by atoms with Gasteiger partial charge in [0.25, 0.3) is 15.9 Å². The number of sulfone groups is 1. The van der Waals surface area contributed by atoms with E-state index >= 15 is 0 Å². The number of nitrogens with one attached hydrogen (secondary N) is 1. The Bertz CT molecular complexity index is 1410. The quantitative estimate of drug-likeness (QED) is 0.445. The number of carbonyl (C=O) groups excluding carboxylic acids is 1. The van der Waals surface area contributed by atoms with E-state index in [4.69, 9.17) is 4.74 Å². The molecular formula is C23H30N6O6S3. The molecule has 0 bridgehead atoms. The Balaban J connectivity index is 1.36. The number of anilines is 1. The van der Waals surface area contributed by atoms with E-state index in [9.17, 15) is 21.6 Å². The fourth-order valence-corrected chi connectivity index (χ4v) is 8.41. The first-order valence-electron chi connectivity index (χ1n) is 12.4. The van der Waals surface area contributed by atoms with E-state index in [2.05, 4.69) is 20.3 Å². The van der Waals surface area contributed by atoms with Crippen LogP contribution in [-0.4, -0.2) is 112 Å². The molecule has 1 aliphatic carbocycles. The van der Waals surface area contributed by atoms with Crippen LogP contribution in [0.4, 0.5) is 5.13 Å². The van der Waals surface area contributed by atoms with E-state index in [-0.39, 0.29) is 25.2 Å². The lowest BCUT2D eigenvalue weighted by atomic mass is 10.1. The standard InChI is InChI=1S/C23H30N6O6S3/c1-27-8-10-29(11-9-27)38(33,34)20-16-24-23(36-20)25-22(30)21(26-28-12-14-35-15-13-28)17-2-4-18(5-3-17)37(31,32)19-6-7-19/h2-5,16,19H,6-15H2,1H3,(H,24,25,30). The highest BCUT2D eigenvalue weighted by molar-refractivity contribution is 7.92. The van der Waals surface area contributed by atoms with Crippen LogP contribution in [0.5, 0.6) is 0 Å². The minimum Gasteiger partial charge on any atom is -0.378 e. The first kappa shape index (κ1) is 27.1. The number of carbonyl (C=O) groups is 1. The molecule has 15 heteroatoms. The van der Waals surface area contributed by atoms with E-state index in [0.717, 1.165) is 11.3 Å². The number of hydrogen-bond acceptors (Lipinski definition) is 11. The summed E-state index contributed by atoms with van der Waals surface area (Å²) in [5.41, 5.74) is 0.506. The molecule has 1 aromatic heterocycles. The first-order chi connectivity index (χ1) is 18.1. The molecule has 0 unspecified atom stereocenters. The SMILES string of the molecule is CN1CCN(S(=O)(=O)c2cnc(NC(=O)C(=NN3CCOCC3)c3ccc(S(=O)(=O)C4CC4)cc3)s2)CC1. The molecule has 0 spiro atoms. The van der Waals surface area contributed by atoms with Crippen LogP contribution in [0.1, 0.15) is 18.4 Å². The van der Waals surface area contributed by atoms with Gasteiger partial charge in [0.15, 0.2) is 24.9 Å². The third-order valence-electron chi connectivity index (χ3n) is 6.62. The monoisotopic (exact) mass is 582 g/mol. The molecule has 3 heterocycles. The van der Waals surface area contributed by atoms with E-state index in [1.165, 1.54) is 22.6 Å². The average Bonchev–Trinajstić information content (AvgIpc) is 3.68. The third kappa shape index (κ3) is 5.92. The largest absolute Gasteiger partial charge is 0.378 e. The highest BCUT2D eigenvalue weighted by Crippen LogP contribution is 2.33. The van der Waals surface area contributed by atoms with Crippen molar-refractivity contribution in [2.24, 2.45) is 5.10 Å². The molecule has 5 rings (SSSR count). The minimum absolute atomic E-state index is 0.0543. The van der Waals surface area contributed by atoms with Crippen LogP contribution >= 0.6 is 11.3 Å². The van der Waals surface area contributed by atoms with Gasteiger partial charge in [-0.3, -0.25) is 15.1 Å². The van der Waals surface area contributed by atoms with Crippen molar-refractivity contribution in [3.8, 4) is 0 Å². The molecule has 206 valence electrons. The van der Waals surface area contributed by atoms with Crippen molar-refractivity contribution in [3.05, 3.63) is 36.0 Å². The molecule has 1 saturated carbocycles. The number of morpholine rings is 1. The van der Waals surface area contributed by atoms with Crippen LogP contribution in [0.15, 0.2) is 44.7 Å². The van der Waals surface area contributed by atoms with E-state index < -0.39 is 25.8 Å². The number of aromatic nitrogens is 1. The molecule has 0 radical (unpaired) electrons. The second-order valence-corrected chi connectivity index (χ2v) is 14.9. The molecule has 0 atom stereocenters. The summed E-state index contributed by atoms with van der Waals surface area (Å²) < 4.78 is 58.1. The molecule has 3 fully saturated rings. The smallest absolute Gasteiger partial charge is 0.278 e. The summed E-state index contributed by atoms with van der Waals surface area (Å²) in [5.74, 6) is -0.577. The molecule has 3 aliphatic rings. The first-order valence-corrected chi connectivity index (χ1v) is 16.2. The van der Waals surface area contributed by atoms with Crippen molar-refractivity contribution in [2.45, 2.75) is 27.2 Å². The zero-order chi connectivity index (χ0) is 26.9. The highest BCUT2D eigenvalue weighted by Gasteiger charge is 2.37. The predicted octanol–water partition coefficient (Wildman–Crippen LogP) is 0.690. The Morgan fingerprint density at radius 3 is 2.32 bits per heavy atom. The Kier molecular flexibility index (Phi) is 7.84. The summed E-state index contributed by atoms with van der Waals surface area (Å²) in [6, 6.07) is 6.13. The van der Waals surface area contributed by atoms with Gasteiger partial charge >= 0.3 is 0 Å². The average molecular weight is 583 g/mol. The summed E-state index contributed by atoms with van der Waals surface area (Å²) in [6.45, 7) is 4.00. The van der Waals surface area contributed by atoms with Gasteiger partial charge in [0, 0.05) is 31.7 Å². The van der Waals surface area contributed by atoms with Crippen molar-refractivity contribution >= 4 is 47.9 Å². The molecular weight excluding hydrogens is 552 g/mol. The molecule has 2 saturated heterocycles. The lowest BCUT2D eigenvalue weighted by molar-refractivity contribution is -0.110. The van der Waals surface area contributed by atoms with E-state index in [1.807, 2.05) is 7.05 Å². The normalized spacial score (nSPS) is 20.4. The molecule has 2 aromatic rings. The topological polar surface area (TPSA) is 142 Å². The Labute approximate surface area is 226 Å². The van der Waals surface area contributed by atoms with Crippen LogP contribution in [0.25, 0.3) is 0 Å². The number of rotatable bonds is 8. The Morgan fingerprint density at radius 1 is 1.03 bits per heavy atom. The van der Waals surface area contributed by atoms with Gasteiger partial charge in [-0.25, -0.2) is 21.8 Å². The third-order valence-corrected chi connectivity index (χ3v) is 12.2. The number of piperazine rings is 1. The van der Waals surface area contributed by atoms with Crippen molar-refractivity contribution in [1.29, 1.82) is 0 Å². The highest BCUT2D eigenvalue weighted by atomic mass is 32.2. The summed E-state index contributed by atoms with van der Waals surface area (Å²) in [4.78, 5) is 19.8. The van der Waals surface area contributed by atoms with Crippen molar-refractivity contribution in [3.63, 3.8) is 0 Å². The number of sulfonamides is 1. The molecule has 12 nitrogen and oxygen atoms in total. The number of hydrogen-bond donors (Lipinski definition) is 1. The van der Waals surface area contributed by atoms with E-state index in [1.54, 1.807) is 17.1 Å². The molecule has 2 aliphatic heterocycles. The number of hydrazone groups is 1. The number of amides is 1. The zero-order valence-electron chi connectivity index (χ0n) is 20.9. The van der Waals surface area contributed by atoms with Gasteiger partial charge in [0.1, 0.15) is 0 Å². The predicted molar refractivity (Wildman–Crippen MR) is 143 cm³/mol. The Hall–Kier alpha value is -2.43. The van der Waals surface area contributed by atoms with Crippen LogP contribution in [0, 0.1) is 0 Å². The number of ether oxygens (including phenoxy) is 1. The minimum atomic E-state index is -3.71. The maximum Gasteiger partial charge on any atom is 0.278 e. The number of likely N-dealkylation sites (N-methyl/N-ethyl adjacent to an activating group) is 1. The van der Waals surface area contributed by atoms with Gasteiger partial charge in [-0.05, 0) is 32.0 Å². The summed E-state index contributed by atoms with van der Waals surface area (Å²) >= 11 is 0.883.